The molecule has 11 heteroatoms. The van der Waals surface area contributed by atoms with E-state index in [0.29, 0.717) is 56.6 Å². The average Bonchev–Trinajstić information content (AvgIpc) is 2.90. The maximum absolute atomic E-state index is 15.2. The minimum Gasteiger partial charge on any atom is -0.444 e. The predicted octanol–water partition coefficient (Wildman–Crippen LogP) is 4.85. The minimum atomic E-state index is -0.695. The van der Waals surface area contributed by atoms with Crippen LogP contribution in [-0.4, -0.2) is 79.0 Å². The Morgan fingerprint density at radius 3 is 2.41 bits per heavy atom. The summed E-state index contributed by atoms with van der Waals surface area (Å²) in [4.78, 5) is 27.5. The van der Waals surface area contributed by atoms with E-state index in [1.807, 2.05) is 38.7 Å². The quantitative estimate of drug-likeness (QED) is 0.503. The molecule has 0 unspecified atom stereocenters. The number of ether oxygens (including phenoxy) is 2. The third-order valence-electron chi connectivity index (χ3n) is 6.82. The van der Waals surface area contributed by atoms with Gasteiger partial charge in [-0.3, -0.25) is 4.98 Å². The van der Waals surface area contributed by atoms with Crippen LogP contribution in [0.4, 0.5) is 36.5 Å². The van der Waals surface area contributed by atoms with Gasteiger partial charge >= 0.3 is 6.09 Å². The number of fused-ring (bicyclic) bond motifs is 1. The molecule has 9 nitrogen and oxygen atoms in total. The molecule has 0 aliphatic carbocycles. The van der Waals surface area contributed by atoms with E-state index in [1.54, 1.807) is 17.3 Å². The van der Waals surface area contributed by atoms with Gasteiger partial charge in [0.15, 0.2) is 0 Å². The molecule has 0 spiro atoms. The Balaban J connectivity index is 1.46. The first-order chi connectivity index (χ1) is 18.6. The first-order valence-corrected chi connectivity index (χ1v) is 13.2. The molecule has 1 amide bonds. The fourth-order valence-corrected chi connectivity index (χ4v) is 4.92. The molecule has 1 aromatic carbocycles. The second-order valence-corrected chi connectivity index (χ2v) is 10.8. The van der Waals surface area contributed by atoms with Gasteiger partial charge in [0.2, 0.25) is 0 Å². The number of piperazine rings is 1. The highest BCUT2D eigenvalue weighted by Gasteiger charge is 2.28. The molecule has 0 radical (unpaired) electrons. The summed E-state index contributed by atoms with van der Waals surface area (Å²) >= 11 is 0. The molecule has 2 aliphatic heterocycles. The third kappa shape index (κ3) is 5.98. The van der Waals surface area contributed by atoms with Gasteiger partial charge < -0.3 is 29.5 Å². The molecule has 0 atom stereocenters. The molecule has 4 heterocycles. The Kier molecular flexibility index (Phi) is 7.44. The van der Waals surface area contributed by atoms with E-state index in [1.165, 1.54) is 6.07 Å². The van der Waals surface area contributed by atoms with Crippen molar-refractivity contribution in [1.82, 2.24) is 14.9 Å². The summed E-state index contributed by atoms with van der Waals surface area (Å²) in [6, 6.07) is 4.08. The lowest BCUT2D eigenvalue weighted by Gasteiger charge is -2.37. The van der Waals surface area contributed by atoms with Gasteiger partial charge in [0, 0.05) is 57.0 Å². The van der Waals surface area contributed by atoms with E-state index in [9.17, 15) is 9.18 Å². The molecular weight excluding hydrogens is 506 g/mol. The third-order valence-corrected chi connectivity index (χ3v) is 6.82. The smallest absolute Gasteiger partial charge is 0.410 e. The summed E-state index contributed by atoms with van der Waals surface area (Å²) in [5, 5.41) is 3.56. The topological polar surface area (TPSA) is 83.1 Å². The van der Waals surface area contributed by atoms with Crippen LogP contribution in [0.3, 0.4) is 0 Å². The molecule has 39 heavy (non-hydrogen) atoms. The largest absolute Gasteiger partial charge is 0.444 e. The van der Waals surface area contributed by atoms with E-state index in [0.717, 1.165) is 30.4 Å². The van der Waals surface area contributed by atoms with Crippen molar-refractivity contribution in [2.45, 2.75) is 33.3 Å². The number of carbonyl (C=O) groups is 1. The van der Waals surface area contributed by atoms with Gasteiger partial charge in [-0.15, -0.1) is 0 Å². The van der Waals surface area contributed by atoms with Gasteiger partial charge in [-0.05, 0) is 33.8 Å². The molecule has 0 bridgehead atoms. The first-order valence-electron chi connectivity index (χ1n) is 13.2. The second kappa shape index (κ2) is 10.8. The zero-order valence-corrected chi connectivity index (χ0v) is 22.8. The first kappa shape index (κ1) is 26.9. The van der Waals surface area contributed by atoms with Crippen LogP contribution in [0.5, 0.6) is 0 Å². The SMILES string of the molecule is Cc1c(N2CCN(C(=O)OC(C)(C)C)CC2)nc2cc(F)cc(F)c2c1Nc1cncc(N2CCOCC2)c1. The molecule has 1 N–H and O–H groups in total. The van der Waals surface area contributed by atoms with Crippen molar-refractivity contribution in [3.8, 4) is 0 Å². The molecule has 2 fully saturated rings. The number of hydrogen-bond donors (Lipinski definition) is 1. The predicted molar refractivity (Wildman–Crippen MR) is 147 cm³/mol. The number of rotatable bonds is 4. The Bertz CT molecular complexity index is 1370. The van der Waals surface area contributed by atoms with E-state index in [4.69, 9.17) is 9.47 Å². The van der Waals surface area contributed by atoms with Gasteiger partial charge in [-0.1, -0.05) is 0 Å². The Hall–Kier alpha value is -3.73. The number of nitrogens with zero attached hydrogens (tertiary/aromatic N) is 5. The lowest BCUT2D eigenvalue weighted by molar-refractivity contribution is 0.0240. The van der Waals surface area contributed by atoms with Crippen molar-refractivity contribution < 1.29 is 23.0 Å². The number of pyridine rings is 2. The van der Waals surface area contributed by atoms with E-state index in [2.05, 4.69) is 20.2 Å². The van der Waals surface area contributed by atoms with Crippen LogP contribution in [0, 0.1) is 18.6 Å². The average molecular weight is 541 g/mol. The molecule has 3 aromatic rings. The van der Waals surface area contributed by atoms with Crippen molar-refractivity contribution in [2.24, 2.45) is 0 Å². The highest BCUT2D eigenvalue weighted by molar-refractivity contribution is 5.97. The lowest BCUT2D eigenvalue weighted by atomic mass is 10.1. The summed E-state index contributed by atoms with van der Waals surface area (Å²) in [6.45, 7) is 12.1. The van der Waals surface area contributed by atoms with Crippen LogP contribution in [0.1, 0.15) is 26.3 Å². The highest BCUT2D eigenvalue weighted by Crippen LogP contribution is 2.37. The normalized spacial score (nSPS) is 16.5. The fourth-order valence-electron chi connectivity index (χ4n) is 4.92. The summed E-state index contributed by atoms with van der Waals surface area (Å²) in [6.07, 6.45) is 3.11. The number of nitrogens with one attached hydrogen (secondary N) is 1. The van der Waals surface area contributed by atoms with Crippen molar-refractivity contribution >= 4 is 39.9 Å². The van der Waals surface area contributed by atoms with Crippen LogP contribution < -0.4 is 15.1 Å². The zero-order valence-electron chi connectivity index (χ0n) is 22.8. The number of anilines is 4. The summed E-state index contributed by atoms with van der Waals surface area (Å²) in [5.74, 6) is -0.781. The molecule has 2 aromatic heterocycles. The summed E-state index contributed by atoms with van der Waals surface area (Å²) in [7, 11) is 0. The van der Waals surface area contributed by atoms with Crippen molar-refractivity contribution in [3.63, 3.8) is 0 Å². The second-order valence-electron chi connectivity index (χ2n) is 10.8. The van der Waals surface area contributed by atoms with E-state index >= 15 is 4.39 Å². The van der Waals surface area contributed by atoms with E-state index < -0.39 is 17.2 Å². The molecule has 2 saturated heterocycles. The highest BCUT2D eigenvalue weighted by atomic mass is 19.1. The maximum atomic E-state index is 15.2. The Morgan fingerprint density at radius 2 is 1.72 bits per heavy atom. The van der Waals surface area contributed by atoms with Crippen molar-refractivity contribution in [3.05, 3.63) is 47.8 Å². The standard InChI is InChI=1S/C28H34F2N6O3/c1-18-25(32-20-15-21(17-31-16-20)34-9-11-38-12-10-34)24-22(30)13-19(29)14-23(24)33-26(18)35-5-7-36(8-6-35)27(37)39-28(2,3)4/h13-17H,5-12H2,1-4H3,(H,32,33). The lowest BCUT2D eigenvalue weighted by Crippen LogP contribution is -2.50. The van der Waals surface area contributed by atoms with Crippen molar-refractivity contribution in [1.29, 1.82) is 0 Å². The monoisotopic (exact) mass is 540 g/mol. The molecular formula is C28H34F2N6O3. The molecule has 5 rings (SSSR count). The number of hydrogen-bond acceptors (Lipinski definition) is 8. The van der Waals surface area contributed by atoms with Gasteiger partial charge in [-0.2, -0.15) is 0 Å². The number of carbonyl (C=O) groups excluding carboxylic acids is 1. The number of benzene rings is 1. The minimum absolute atomic E-state index is 0.210. The number of amides is 1. The van der Waals surface area contributed by atoms with E-state index in [-0.39, 0.29) is 17.0 Å². The molecule has 2 aliphatic rings. The maximum Gasteiger partial charge on any atom is 0.410 e. The fraction of sp³-hybridized carbons (Fsp3) is 0.464. The van der Waals surface area contributed by atoms with Gasteiger partial charge in [0.05, 0.1) is 53.6 Å². The number of morpholine rings is 1. The van der Waals surface area contributed by atoms with Crippen molar-refractivity contribution in [2.75, 3.05) is 67.6 Å². The van der Waals surface area contributed by atoms with Gasteiger partial charge in [-0.25, -0.2) is 18.6 Å². The zero-order chi connectivity index (χ0) is 27.7. The van der Waals surface area contributed by atoms with Crippen LogP contribution >= 0.6 is 0 Å². The summed E-state index contributed by atoms with van der Waals surface area (Å²) < 4.78 is 40.4. The number of halogens is 2. The van der Waals surface area contributed by atoms with Gasteiger partial charge in [0.1, 0.15) is 23.1 Å². The Morgan fingerprint density at radius 1 is 1.00 bits per heavy atom. The Labute approximate surface area is 226 Å². The van der Waals surface area contributed by atoms with Crippen LogP contribution in [0.15, 0.2) is 30.6 Å². The summed E-state index contributed by atoms with van der Waals surface area (Å²) in [5.41, 5.74) is 2.47. The van der Waals surface area contributed by atoms with Crippen LogP contribution in [0.25, 0.3) is 10.9 Å². The number of aromatic nitrogens is 2. The molecule has 208 valence electrons. The van der Waals surface area contributed by atoms with Crippen LogP contribution in [0.2, 0.25) is 0 Å². The van der Waals surface area contributed by atoms with Gasteiger partial charge in [0.25, 0.3) is 0 Å². The van der Waals surface area contributed by atoms with Crippen LogP contribution in [-0.2, 0) is 9.47 Å². The molecule has 0 saturated carbocycles.